The lowest BCUT2D eigenvalue weighted by Crippen LogP contribution is -2.37. The van der Waals surface area contributed by atoms with E-state index in [2.05, 4.69) is 56.0 Å². The third-order valence-corrected chi connectivity index (χ3v) is 3.01. The van der Waals surface area contributed by atoms with E-state index < -0.39 is 0 Å². The molecule has 19 heavy (non-hydrogen) atoms. The maximum Gasteiger partial charge on any atom is 0.142 e. The number of para-hydroxylation sites is 3. The van der Waals surface area contributed by atoms with Crippen molar-refractivity contribution in [3.05, 3.63) is 54.6 Å². The summed E-state index contributed by atoms with van der Waals surface area (Å²) in [5.41, 5.74) is 2.22. The van der Waals surface area contributed by atoms with Crippen molar-refractivity contribution in [3.8, 4) is 5.75 Å². The molecule has 0 radical (unpaired) electrons. The van der Waals surface area contributed by atoms with Crippen LogP contribution in [0.3, 0.4) is 0 Å². The summed E-state index contributed by atoms with van der Waals surface area (Å²) in [6.45, 7) is 6.60. The first-order valence-corrected chi connectivity index (χ1v) is 6.52. The molecule has 0 fully saturated rings. The van der Waals surface area contributed by atoms with Crippen LogP contribution in [0.2, 0.25) is 0 Å². The summed E-state index contributed by atoms with van der Waals surface area (Å²) in [4.78, 5) is 2.30. The van der Waals surface area contributed by atoms with Crippen LogP contribution in [0, 0.1) is 0 Å². The third-order valence-electron chi connectivity index (χ3n) is 3.01. The second-order valence-corrected chi connectivity index (χ2v) is 5.51. The van der Waals surface area contributed by atoms with Crippen molar-refractivity contribution in [2.75, 3.05) is 12.0 Å². The number of anilines is 2. The molecule has 0 aliphatic heterocycles. The largest absolute Gasteiger partial charge is 0.495 e. The summed E-state index contributed by atoms with van der Waals surface area (Å²) in [6.07, 6.45) is 0. The Morgan fingerprint density at radius 2 is 1.42 bits per heavy atom. The summed E-state index contributed by atoms with van der Waals surface area (Å²) in [5, 5.41) is 0. The molecule has 100 valence electrons. The summed E-state index contributed by atoms with van der Waals surface area (Å²) in [5.74, 6) is 0.890. The molecule has 0 spiro atoms. The van der Waals surface area contributed by atoms with Gasteiger partial charge in [-0.15, -0.1) is 0 Å². The van der Waals surface area contributed by atoms with Gasteiger partial charge in [0.05, 0.1) is 12.8 Å². The predicted octanol–water partition coefficient (Wildman–Crippen LogP) is 4.63. The molecule has 0 aliphatic carbocycles. The fourth-order valence-electron chi connectivity index (χ4n) is 2.28. The fourth-order valence-corrected chi connectivity index (χ4v) is 2.28. The van der Waals surface area contributed by atoms with E-state index in [0.29, 0.717) is 0 Å². The van der Waals surface area contributed by atoms with Crippen LogP contribution in [0.15, 0.2) is 54.6 Å². The van der Waals surface area contributed by atoms with Crippen LogP contribution in [0.4, 0.5) is 11.4 Å². The number of methoxy groups -OCH3 is 1. The van der Waals surface area contributed by atoms with E-state index in [0.717, 1.165) is 11.4 Å². The maximum atomic E-state index is 5.50. The Morgan fingerprint density at radius 1 is 0.842 bits per heavy atom. The topological polar surface area (TPSA) is 12.5 Å². The van der Waals surface area contributed by atoms with Gasteiger partial charge in [0.1, 0.15) is 5.75 Å². The van der Waals surface area contributed by atoms with Gasteiger partial charge in [-0.05, 0) is 45.0 Å². The highest BCUT2D eigenvalue weighted by Crippen LogP contribution is 2.38. The van der Waals surface area contributed by atoms with Crippen molar-refractivity contribution in [1.29, 1.82) is 0 Å². The van der Waals surface area contributed by atoms with E-state index >= 15 is 0 Å². The number of nitrogens with zero attached hydrogens (tertiary/aromatic N) is 1. The van der Waals surface area contributed by atoms with E-state index in [1.165, 1.54) is 5.69 Å². The molecule has 0 atom stereocenters. The molecule has 0 N–H and O–H groups in total. The zero-order valence-corrected chi connectivity index (χ0v) is 12.1. The molecule has 0 bridgehead atoms. The lowest BCUT2D eigenvalue weighted by atomic mass is 10.0. The Balaban J connectivity index is 2.56. The number of benzene rings is 2. The molecule has 2 aromatic carbocycles. The van der Waals surface area contributed by atoms with E-state index in [-0.39, 0.29) is 5.54 Å². The highest BCUT2D eigenvalue weighted by Gasteiger charge is 2.25. The predicted molar refractivity (Wildman–Crippen MR) is 81.3 cm³/mol. The van der Waals surface area contributed by atoms with E-state index in [9.17, 15) is 0 Å². The van der Waals surface area contributed by atoms with Crippen molar-refractivity contribution >= 4 is 11.4 Å². The molecular weight excluding hydrogens is 234 g/mol. The van der Waals surface area contributed by atoms with Crippen LogP contribution < -0.4 is 9.64 Å². The lowest BCUT2D eigenvalue weighted by molar-refractivity contribution is 0.412. The van der Waals surface area contributed by atoms with Crippen LogP contribution in [0.5, 0.6) is 5.75 Å². The number of hydrogen-bond donors (Lipinski definition) is 0. The molecule has 0 amide bonds. The standard InChI is InChI=1S/C17H21NO/c1-17(2,3)18(14-10-6-5-7-11-14)15-12-8-9-13-16(15)19-4/h5-13H,1-4H3. The first-order valence-electron chi connectivity index (χ1n) is 6.52. The Kier molecular flexibility index (Phi) is 3.79. The van der Waals surface area contributed by atoms with E-state index in [4.69, 9.17) is 4.74 Å². The van der Waals surface area contributed by atoms with Gasteiger partial charge in [0.15, 0.2) is 0 Å². The molecule has 0 aliphatic rings. The molecule has 0 heterocycles. The van der Waals surface area contributed by atoms with Gasteiger partial charge in [0, 0.05) is 11.2 Å². The smallest absolute Gasteiger partial charge is 0.142 e. The number of rotatable bonds is 3. The van der Waals surface area contributed by atoms with Gasteiger partial charge >= 0.3 is 0 Å². The van der Waals surface area contributed by atoms with Crippen LogP contribution in [-0.2, 0) is 0 Å². The highest BCUT2D eigenvalue weighted by molar-refractivity contribution is 5.70. The minimum Gasteiger partial charge on any atom is -0.495 e. The molecule has 2 aromatic rings. The van der Waals surface area contributed by atoms with Crippen molar-refractivity contribution in [3.63, 3.8) is 0 Å². The Morgan fingerprint density at radius 3 is 2.00 bits per heavy atom. The summed E-state index contributed by atoms with van der Waals surface area (Å²) in [6, 6.07) is 18.5. The first-order chi connectivity index (χ1) is 9.04. The quantitative estimate of drug-likeness (QED) is 0.792. The second kappa shape index (κ2) is 5.35. The minimum atomic E-state index is -0.0318. The normalized spacial score (nSPS) is 11.2. The molecule has 2 rings (SSSR count). The Labute approximate surface area is 115 Å². The molecule has 2 heteroatoms. The van der Waals surface area contributed by atoms with Gasteiger partial charge in [-0.25, -0.2) is 0 Å². The van der Waals surface area contributed by atoms with Crippen molar-refractivity contribution in [2.45, 2.75) is 26.3 Å². The number of ether oxygens (including phenoxy) is 1. The second-order valence-electron chi connectivity index (χ2n) is 5.51. The lowest BCUT2D eigenvalue weighted by Gasteiger charge is -2.38. The number of hydrogen-bond acceptors (Lipinski definition) is 2. The monoisotopic (exact) mass is 255 g/mol. The Hall–Kier alpha value is -1.96. The molecule has 0 aromatic heterocycles. The first kappa shape index (κ1) is 13.5. The minimum absolute atomic E-state index is 0.0318. The Bertz CT molecular complexity index is 528. The maximum absolute atomic E-state index is 5.50. The van der Waals surface area contributed by atoms with Crippen LogP contribution in [0.1, 0.15) is 20.8 Å². The van der Waals surface area contributed by atoms with Gasteiger partial charge in [-0.2, -0.15) is 0 Å². The van der Waals surface area contributed by atoms with Crippen molar-refractivity contribution in [2.24, 2.45) is 0 Å². The zero-order chi connectivity index (χ0) is 13.9. The van der Waals surface area contributed by atoms with Crippen molar-refractivity contribution < 1.29 is 4.74 Å². The zero-order valence-electron chi connectivity index (χ0n) is 12.1. The van der Waals surface area contributed by atoms with Gasteiger partial charge in [0.25, 0.3) is 0 Å². The van der Waals surface area contributed by atoms with Gasteiger partial charge < -0.3 is 9.64 Å². The van der Waals surface area contributed by atoms with Crippen LogP contribution >= 0.6 is 0 Å². The molecule has 0 unspecified atom stereocenters. The SMILES string of the molecule is COc1ccccc1N(c1ccccc1)C(C)(C)C. The van der Waals surface area contributed by atoms with Crippen molar-refractivity contribution in [1.82, 2.24) is 0 Å². The van der Waals surface area contributed by atoms with Gasteiger partial charge in [-0.3, -0.25) is 0 Å². The average Bonchev–Trinajstić information content (AvgIpc) is 2.39. The summed E-state index contributed by atoms with van der Waals surface area (Å²) < 4.78 is 5.50. The molecule has 0 saturated heterocycles. The van der Waals surface area contributed by atoms with Gasteiger partial charge in [-0.1, -0.05) is 30.3 Å². The van der Waals surface area contributed by atoms with Crippen LogP contribution in [0.25, 0.3) is 0 Å². The highest BCUT2D eigenvalue weighted by atomic mass is 16.5. The van der Waals surface area contributed by atoms with Crippen LogP contribution in [-0.4, -0.2) is 12.6 Å². The van der Waals surface area contributed by atoms with E-state index in [1.54, 1.807) is 7.11 Å². The average molecular weight is 255 g/mol. The van der Waals surface area contributed by atoms with Gasteiger partial charge in [0.2, 0.25) is 0 Å². The third kappa shape index (κ3) is 2.90. The summed E-state index contributed by atoms with van der Waals surface area (Å²) in [7, 11) is 1.71. The molecule has 2 nitrogen and oxygen atoms in total. The molecular formula is C17H21NO. The molecule has 0 saturated carbocycles. The fraction of sp³-hybridized carbons (Fsp3) is 0.294. The summed E-state index contributed by atoms with van der Waals surface area (Å²) >= 11 is 0. The van der Waals surface area contributed by atoms with E-state index in [1.807, 2.05) is 24.3 Å².